The molecule has 0 aliphatic rings. The van der Waals surface area contributed by atoms with Gasteiger partial charge in [-0.2, -0.15) is 5.10 Å². The first-order chi connectivity index (χ1) is 8.49. The van der Waals surface area contributed by atoms with Gasteiger partial charge in [0.05, 0.1) is 12.4 Å². The normalized spacial score (nSPS) is 9.89. The Morgan fingerprint density at radius 1 is 1.32 bits per heavy atom. The van der Waals surface area contributed by atoms with Crippen LogP contribution in [-0.4, -0.2) is 56.6 Å². The number of aromatic nitrogens is 1. The zero-order chi connectivity index (χ0) is 13.5. The molecule has 0 saturated carbocycles. The van der Waals surface area contributed by atoms with Gasteiger partial charge in [0, 0.05) is 31.9 Å². The molecule has 1 heterocycles. The Balaban J connectivity index is 0.00000324. The second kappa shape index (κ2) is 8.17. The largest absolute Gasteiger partial charge is 0.506 e. The molecule has 9 heteroatoms. The first-order valence-electron chi connectivity index (χ1n) is 4.84. The van der Waals surface area contributed by atoms with E-state index in [9.17, 15) is 14.7 Å². The van der Waals surface area contributed by atoms with E-state index in [1.54, 1.807) is 0 Å². The van der Waals surface area contributed by atoms with Gasteiger partial charge in [0.15, 0.2) is 0 Å². The third-order valence-electron chi connectivity index (χ3n) is 1.83. The van der Waals surface area contributed by atoms with E-state index in [0.717, 1.165) is 5.01 Å². The predicted molar refractivity (Wildman–Crippen MR) is 60.3 cm³/mol. The van der Waals surface area contributed by atoms with E-state index in [0.29, 0.717) is 5.56 Å². The quantitative estimate of drug-likeness (QED) is 0.470. The van der Waals surface area contributed by atoms with Crippen LogP contribution in [0.2, 0.25) is 0 Å². The van der Waals surface area contributed by atoms with E-state index >= 15 is 0 Å². The van der Waals surface area contributed by atoms with Crippen LogP contribution in [0.3, 0.4) is 0 Å². The van der Waals surface area contributed by atoms with Crippen molar-refractivity contribution >= 4 is 18.2 Å². The van der Waals surface area contributed by atoms with Gasteiger partial charge in [-0.1, -0.05) is 0 Å². The summed E-state index contributed by atoms with van der Waals surface area (Å²) < 4.78 is 0. The van der Waals surface area contributed by atoms with Crippen LogP contribution in [0.4, 0.5) is 0 Å². The molecule has 8 nitrogen and oxygen atoms in total. The maximum absolute atomic E-state index is 10.5. The number of pyridine rings is 1. The Kier molecular flexibility index (Phi) is 7.31. The smallest absolute Gasteiger partial charge is 0.324 e. The second-order valence-electron chi connectivity index (χ2n) is 3.29. The van der Waals surface area contributed by atoms with Crippen LogP contribution in [0.15, 0.2) is 23.6 Å². The molecule has 1 aromatic heterocycles. The van der Waals surface area contributed by atoms with E-state index in [1.807, 2.05) is 0 Å². The van der Waals surface area contributed by atoms with Gasteiger partial charge in [0.25, 0.3) is 0 Å². The minimum absolute atomic E-state index is 0. The molecule has 0 aromatic carbocycles. The van der Waals surface area contributed by atoms with E-state index in [2.05, 4.69) is 10.1 Å². The Bertz CT molecular complexity index is 464. The number of nitrogens with zero attached hydrogens (tertiary/aromatic N) is 3. The van der Waals surface area contributed by atoms with Crippen molar-refractivity contribution in [3.05, 3.63) is 24.0 Å². The molecule has 0 amide bonds. The number of hydrogen-bond donors (Lipinski definition) is 3. The zero-order valence-corrected chi connectivity index (χ0v) is 11.5. The van der Waals surface area contributed by atoms with Gasteiger partial charge in [-0.15, -0.1) is 0 Å². The number of carboxylic acid groups (broad SMARTS) is 2. The number of aliphatic carboxylic acids is 2. The molecule has 0 unspecified atom stereocenters. The van der Waals surface area contributed by atoms with Crippen molar-refractivity contribution < 1.29 is 45.0 Å². The zero-order valence-electron chi connectivity index (χ0n) is 9.60. The first-order valence-corrected chi connectivity index (χ1v) is 4.84. The fraction of sp³-hybridized carbons (Fsp3) is 0.200. The van der Waals surface area contributed by atoms with Crippen LogP contribution in [0.1, 0.15) is 5.56 Å². The van der Waals surface area contributed by atoms with Crippen LogP contribution in [-0.2, 0) is 29.7 Å². The summed E-state index contributed by atoms with van der Waals surface area (Å²) in [5.74, 6) is -2.54. The van der Waals surface area contributed by atoms with Gasteiger partial charge in [-0.05, 0) is 6.07 Å². The third kappa shape index (κ3) is 6.49. The number of carboxylic acids is 2. The molecule has 0 bridgehead atoms. The van der Waals surface area contributed by atoms with Gasteiger partial charge in [0.1, 0.15) is 18.8 Å². The average Bonchev–Trinajstić information content (AvgIpc) is 2.26. The number of aromatic hydroxyl groups is 1. The monoisotopic (exact) mass is 352 g/mol. The first kappa shape index (κ1) is 17.0. The Hall–Kier alpha value is -1.99. The minimum atomic E-state index is -1.20. The standard InChI is InChI=1S/C10H11N3O5.Tc/c14-8-4-11-2-1-7(8)3-12-13(5-9(15)16)6-10(17)18;/h1-4,14H,5-6H2,(H,15,16)(H,17,18);/b12-3-;/i;1+1. The van der Waals surface area contributed by atoms with Crippen molar-refractivity contribution in [1.82, 2.24) is 9.99 Å². The Labute approximate surface area is 121 Å². The summed E-state index contributed by atoms with van der Waals surface area (Å²) in [6, 6.07) is 1.46. The molecule has 0 saturated heterocycles. The van der Waals surface area contributed by atoms with Crippen LogP contribution in [0.5, 0.6) is 5.75 Å². The fourth-order valence-electron chi connectivity index (χ4n) is 1.10. The number of rotatable bonds is 6. The van der Waals surface area contributed by atoms with Crippen LogP contribution in [0, 0.1) is 0 Å². The SMILES string of the molecule is O=C(O)CN(CC(=O)O)/N=C\c1ccncc1O.[99Tc]. The fourth-order valence-corrected chi connectivity index (χ4v) is 1.10. The molecule has 0 aliphatic heterocycles. The summed E-state index contributed by atoms with van der Waals surface area (Å²) in [4.78, 5) is 24.7. The summed E-state index contributed by atoms with van der Waals surface area (Å²) in [5, 5.41) is 31.1. The maximum Gasteiger partial charge on any atom is 0.324 e. The summed E-state index contributed by atoms with van der Waals surface area (Å²) in [6.07, 6.45) is 3.78. The van der Waals surface area contributed by atoms with Crippen LogP contribution in [0.25, 0.3) is 0 Å². The van der Waals surface area contributed by atoms with E-state index in [1.165, 1.54) is 24.7 Å². The summed E-state index contributed by atoms with van der Waals surface area (Å²) in [7, 11) is 0. The van der Waals surface area contributed by atoms with Crippen molar-refractivity contribution in [3.63, 3.8) is 0 Å². The Morgan fingerprint density at radius 2 is 1.89 bits per heavy atom. The van der Waals surface area contributed by atoms with Gasteiger partial charge < -0.3 is 15.3 Å². The molecule has 0 atom stereocenters. The number of hydrogen-bond acceptors (Lipinski definition) is 6. The van der Waals surface area contributed by atoms with Crippen molar-refractivity contribution in [2.75, 3.05) is 13.1 Å². The average molecular weight is 352 g/mol. The van der Waals surface area contributed by atoms with Crippen molar-refractivity contribution in [2.24, 2.45) is 5.10 Å². The van der Waals surface area contributed by atoms with Crippen LogP contribution < -0.4 is 0 Å². The topological polar surface area (TPSA) is 123 Å². The molecule has 3 N–H and O–H groups in total. The number of hydrazone groups is 1. The van der Waals surface area contributed by atoms with Crippen molar-refractivity contribution in [3.8, 4) is 5.75 Å². The molecular weight excluding hydrogens is 341 g/mol. The molecule has 0 aliphatic carbocycles. The molecule has 1 rings (SSSR count). The van der Waals surface area contributed by atoms with Crippen molar-refractivity contribution in [2.45, 2.75) is 0 Å². The third-order valence-corrected chi connectivity index (χ3v) is 1.83. The van der Waals surface area contributed by atoms with Gasteiger partial charge in [0.2, 0.25) is 0 Å². The maximum atomic E-state index is 10.5. The molecule has 1 radical (unpaired) electrons. The molecule has 1 aromatic rings. The van der Waals surface area contributed by atoms with E-state index in [-0.39, 0.29) is 25.9 Å². The Morgan fingerprint density at radius 3 is 2.37 bits per heavy atom. The van der Waals surface area contributed by atoms with Gasteiger partial charge in [-0.25, -0.2) is 0 Å². The molecule has 0 spiro atoms. The molecular formula is C10H11N3O5Tc. The second-order valence-corrected chi connectivity index (χ2v) is 3.29. The van der Waals surface area contributed by atoms with E-state index < -0.39 is 25.0 Å². The van der Waals surface area contributed by atoms with E-state index in [4.69, 9.17) is 10.2 Å². The summed E-state index contributed by atoms with van der Waals surface area (Å²) >= 11 is 0. The van der Waals surface area contributed by atoms with Crippen LogP contribution >= 0.6 is 0 Å². The van der Waals surface area contributed by atoms with Gasteiger partial charge >= 0.3 is 11.9 Å². The number of carbonyl (C=O) groups is 2. The van der Waals surface area contributed by atoms with Gasteiger partial charge in [-0.3, -0.25) is 19.6 Å². The van der Waals surface area contributed by atoms with Crippen molar-refractivity contribution in [1.29, 1.82) is 0 Å². The molecule has 19 heavy (non-hydrogen) atoms. The molecule has 103 valence electrons. The summed E-state index contributed by atoms with van der Waals surface area (Å²) in [5.41, 5.74) is 0.311. The molecule has 0 fully saturated rings. The predicted octanol–water partition coefficient (Wildman–Crippen LogP) is -0.410. The summed E-state index contributed by atoms with van der Waals surface area (Å²) in [6.45, 7) is -1.09. The minimum Gasteiger partial charge on any atom is -0.506 e.